The highest BCUT2D eigenvalue weighted by molar-refractivity contribution is 5.94. The normalized spacial score (nSPS) is 12.1. The van der Waals surface area contributed by atoms with Gasteiger partial charge in [0, 0.05) is 25.0 Å². The molecule has 0 amide bonds. The highest BCUT2D eigenvalue weighted by atomic mass is 19.1. The van der Waals surface area contributed by atoms with Gasteiger partial charge in [0.05, 0.1) is 24.3 Å². The molecule has 1 unspecified atom stereocenters. The summed E-state index contributed by atoms with van der Waals surface area (Å²) in [6.07, 6.45) is 10.0. The topological polar surface area (TPSA) is 60.7 Å². The second-order valence-corrected chi connectivity index (χ2v) is 5.89. The van der Waals surface area contributed by atoms with Crippen LogP contribution < -0.4 is 0 Å². The fraction of sp³-hybridized carbons (Fsp3) is 0.263. The molecule has 0 fully saturated rings. The molecule has 1 aromatic carbocycles. The first-order valence-electron chi connectivity index (χ1n) is 8.20. The number of aromatic nitrogens is 4. The maximum absolute atomic E-state index is 13.1. The second-order valence-electron chi connectivity index (χ2n) is 5.89. The maximum Gasteiger partial charge on any atom is 0.180 e. The molecular formula is C19H19FN4O. The van der Waals surface area contributed by atoms with Crippen molar-refractivity contribution in [1.82, 2.24) is 19.5 Å². The van der Waals surface area contributed by atoms with Gasteiger partial charge in [0.1, 0.15) is 11.5 Å². The molecule has 6 heteroatoms. The van der Waals surface area contributed by atoms with Crippen LogP contribution in [0.4, 0.5) is 4.39 Å². The van der Waals surface area contributed by atoms with E-state index in [4.69, 9.17) is 0 Å². The number of carbonyl (C=O) groups excluding carboxylic acids is 1. The summed E-state index contributed by atoms with van der Waals surface area (Å²) in [5.41, 5.74) is 2.37. The molecule has 3 rings (SSSR count). The number of ketones is 1. The van der Waals surface area contributed by atoms with Gasteiger partial charge >= 0.3 is 0 Å². The van der Waals surface area contributed by atoms with Crippen LogP contribution in [-0.4, -0.2) is 25.3 Å². The molecule has 2 heterocycles. The smallest absolute Gasteiger partial charge is 0.180 e. The highest BCUT2D eigenvalue weighted by Crippen LogP contribution is 2.21. The Morgan fingerprint density at radius 1 is 1.16 bits per heavy atom. The van der Waals surface area contributed by atoms with Gasteiger partial charge in [-0.05, 0) is 37.5 Å². The van der Waals surface area contributed by atoms with Gasteiger partial charge < -0.3 is 4.57 Å². The van der Waals surface area contributed by atoms with Crippen molar-refractivity contribution in [3.63, 3.8) is 0 Å². The van der Waals surface area contributed by atoms with E-state index in [1.807, 2.05) is 11.5 Å². The van der Waals surface area contributed by atoms with Crippen LogP contribution in [0.5, 0.6) is 0 Å². The van der Waals surface area contributed by atoms with E-state index in [1.54, 1.807) is 43.2 Å². The van der Waals surface area contributed by atoms with E-state index in [2.05, 4.69) is 15.0 Å². The minimum Gasteiger partial charge on any atom is -0.321 e. The summed E-state index contributed by atoms with van der Waals surface area (Å²) < 4.78 is 14.9. The number of benzene rings is 1. The van der Waals surface area contributed by atoms with Crippen LogP contribution in [0.2, 0.25) is 0 Å². The number of Topliss-reactive ketones (excluding diaryl/α,β-unsaturated/α-hetero) is 1. The van der Waals surface area contributed by atoms with Crippen LogP contribution >= 0.6 is 0 Å². The average molecular weight is 338 g/mol. The minimum atomic E-state index is -0.276. The predicted octanol–water partition coefficient (Wildman–Crippen LogP) is 3.63. The molecule has 0 radical (unpaired) electrons. The Kier molecular flexibility index (Phi) is 5.28. The number of aryl methyl sites for hydroxylation is 1. The third-order valence-electron chi connectivity index (χ3n) is 4.17. The van der Waals surface area contributed by atoms with Gasteiger partial charge in [-0.1, -0.05) is 12.1 Å². The molecule has 0 bridgehead atoms. The first-order chi connectivity index (χ1) is 12.1. The zero-order chi connectivity index (χ0) is 17.6. The minimum absolute atomic E-state index is 0.0374. The third kappa shape index (κ3) is 4.15. The molecule has 3 aromatic rings. The average Bonchev–Trinajstić information content (AvgIpc) is 3.12. The summed E-state index contributed by atoms with van der Waals surface area (Å²) >= 11 is 0. The SMILES string of the molecule is CC(c1ccc(F)cc1)n1cncc1C(=O)CCCc1cnccn1. The molecule has 0 N–H and O–H groups in total. The number of rotatable bonds is 7. The van der Waals surface area contributed by atoms with Crippen LogP contribution in [0.15, 0.2) is 55.4 Å². The summed E-state index contributed by atoms with van der Waals surface area (Å²) in [6, 6.07) is 6.20. The zero-order valence-electron chi connectivity index (χ0n) is 14.0. The Labute approximate surface area is 145 Å². The molecule has 25 heavy (non-hydrogen) atoms. The first-order valence-corrected chi connectivity index (χ1v) is 8.20. The summed E-state index contributed by atoms with van der Waals surface area (Å²) in [5, 5.41) is 0. The number of nitrogens with zero attached hydrogens (tertiary/aromatic N) is 4. The van der Waals surface area contributed by atoms with Crippen molar-refractivity contribution in [2.45, 2.75) is 32.2 Å². The van der Waals surface area contributed by atoms with Gasteiger partial charge in [-0.15, -0.1) is 0 Å². The molecule has 0 spiro atoms. The number of hydrogen-bond donors (Lipinski definition) is 0. The molecule has 0 saturated heterocycles. The molecule has 0 aliphatic rings. The van der Waals surface area contributed by atoms with Gasteiger partial charge in [-0.3, -0.25) is 14.8 Å². The van der Waals surface area contributed by atoms with Gasteiger partial charge in [-0.2, -0.15) is 0 Å². The number of halogens is 1. The lowest BCUT2D eigenvalue weighted by atomic mass is 10.1. The Bertz CT molecular complexity index is 830. The summed E-state index contributed by atoms with van der Waals surface area (Å²) in [6.45, 7) is 1.96. The summed E-state index contributed by atoms with van der Waals surface area (Å²) in [4.78, 5) is 24.9. The van der Waals surface area contributed by atoms with Crippen LogP contribution in [0.1, 0.15) is 47.6 Å². The van der Waals surface area contributed by atoms with Crippen molar-refractivity contribution >= 4 is 5.78 Å². The molecule has 2 aromatic heterocycles. The van der Waals surface area contributed by atoms with E-state index in [1.165, 1.54) is 12.1 Å². The fourth-order valence-corrected chi connectivity index (χ4v) is 2.75. The molecule has 128 valence electrons. The van der Waals surface area contributed by atoms with Crippen LogP contribution in [0.3, 0.4) is 0 Å². The van der Waals surface area contributed by atoms with E-state index in [-0.39, 0.29) is 17.6 Å². The fourth-order valence-electron chi connectivity index (χ4n) is 2.75. The molecule has 0 aliphatic heterocycles. The Balaban J connectivity index is 1.66. The second kappa shape index (κ2) is 7.79. The Hall–Kier alpha value is -2.89. The Morgan fingerprint density at radius 2 is 1.96 bits per heavy atom. The van der Waals surface area contributed by atoms with Crippen molar-refractivity contribution in [3.05, 3.63) is 78.1 Å². The summed E-state index contributed by atoms with van der Waals surface area (Å²) in [5.74, 6) is -0.239. The lowest BCUT2D eigenvalue weighted by molar-refractivity contribution is 0.0970. The number of carbonyl (C=O) groups is 1. The molecule has 0 saturated carbocycles. The predicted molar refractivity (Wildman–Crippen MR) is 91.7 cm³/mol. The van der Waals surface area contributed by atoms with E-state index in [0.717, 1.165) is 11.3 Å². The number of imidazole rings is 1. The standard InChI is InChI=1S/C19H19FN4O/c1-14(15-5-7-16(20)8-6-15)24-13-22-12-18(24)19(25)4-2-3-17-11-21-9-10-23-17/h5-14H,2-4H2,1H3. The molecule has 5 nitrogen and oxygen atoms in total. The van der Waals surface area contributed by atoms with Crippen molar-refractivity contribution in [2.75, 3.05) is 0 Å². The van der Waals surface area contributed by atoms with Crippen LogP contribution in [-0.2, 0) is 6.42 Å². The monoisotopic (exact) mass is 338 g/mol. The Morgan fingerprint density at radius 3 is 2.68 bits per heavy atom. The largest absolute Gasteiger partial charge is 0.321 e. The van der Waals surface area contributed by atoms with Gasteiger partial charge in [0.15, 0.2) is 5.78 Å². The molecular weight excluding hydrogens is 319 g/mol. The first kappa shape index (κ1) is 17.0. The quantitative estimate of drug-likeness (QED) is 0.617. The third-order valence-corrected chi connectivity index (χ3v) is 4.17. The van der Waals surface area contributed by atoms with E-state index < -0.39 is 0 Å². The van der Waals surface area contributed by atoms with Crippen LogP contribution in [0.25, 0.3) is 0 Å². The van der Waals surface area contributed by atoms with E-state index in [9.17, 15) is 9.18 Å². The van der Waals surface area contributed by atoms with Gasteiger partial charge in [0.2, 0.25) is 0 Å². The van der Waals surface area contributed by atoms with Crippen molar-refractivity contribution in [3.8, 4) is 0 Å². The zero-order valence-corrected chi connectivity index (χ0v) is 14.0. The highest BCUT2D eigenvalue weighted by Gasteiger charge is 2.17. The molecule has 0 aliphatic carbocycles. The van der Waals surface area contributed by atoms with E-state index >= 15 is 0 Å². The van der Waals surface area contributed by atoms with Crippen molar-refractivity contribution in [2.24, 2.45) is 0 Å². The van der Waals surface area contributed by atoms with Gasteiger partial charge in [-0.25, -0.2) is 9.37 Å². The maximum atomic E-state index is 13.1. The lowest BCUT2D eigenvalue weighted by Gasteiger charge is -2.16. The van der Waals surface area contributed by atoms with Crippen molar-refractivity contribution < 1.29 is 9.18 Å². The van der Waals surface area contributed by atoms with Crippen molar-refractivity contribution in [1.29, 1.82) is 0 Å². The van der Waals surface area contributed by atoms with Crippen LogP contribution in [0, 0.1) is 5.82 Å². The number of hydrogen-bond acceptors (Lipinski definition) is 4. The lowest BCUT2D eigenvalue weighted by Crippen LogP contribution is -2.13. The van der Waals surface area contributed by atoms with Gasteiger partial charge in [0.25, 0.3) is 0 Å². The van der Waals surface area contributed by atoms with E-state index in [0.29, 0.717) is 25.0 Å². The summed E-state index contributed by atoms with van der Waals surface area (Å²) in [7, 11) is 0. The molecule has 1 atom stereocenters.